The molecular weight excluding hydrogens is 408 g/mol. The summed E-state index contributed by atoms with van der Waals surface area (Å²) in [7, 11) is -2.27. The van der Waals surface area contributed by atoms with Gasteiger partial charge in [-0.15, -0.1) is 0 Å². The van der Waals surface area contributed by atoms with E-state index in [-0.39, 0.29) is 23.5 Å². The highest BCUT2D eigenvalue weighted by Gasteiger charge is 2.22. The Bertz CT molecular complexity index is 981. The highest BCUT2D eigenvalue weighted by molar-refractivity contribution is 7.89. The highest BCUT2D eigenvalue weighted by atomic mass is 32.2. The second-order valence-corrected chi connectivity index (χ2v) is 8.69. The topological polar surface area (TPSA) is 111 Å². The van der Waals surface area contributed by atoms with Gasteiger partial charge in [-0.3, -0.25) is 4.79 Å². The second kappa shape index (κ2) is 9.73. The number of methoxy groups -OCH3 is 1. The van der Waals surface area contributed by atoms with Crippen LogP contribution in [-0.2, 0) is 19.6 Å². The average molecular weight is 432 g/mol. The van der Waals surface area contributed by atoms with Crippen molar-refractivity contribution < 1.29 is 27.5 Å². The summed E-state index contributed by atoms with van der Waals surface area (Å²) < 4.78 is 37.6. The van der Waals surface area contributed by atoms with Crippen LogP contribution < -0.4 is 14.8 Å². The van der Waals surface area contributed by atoms with E-state index in [1.807, 2.05) is 0 Å². The number of rotatable bonds is 8. The molecule has 0 radical (unpaired) electrons. The van der Waals surface area contributed by atoms with Crippen molar-refractivity contribution >= 4 is 27.6 Å². The lowest BCUT2D eigenvalue weighted by Gasteiger charge is -2.13. The van der Waals surface area contributed by atoms with Crippen LogP contribution in [0.5, 0.6) is 5.75 Å². The predicted molar refractivity (Wildman–Crippen MR) is 111 cm³/mol. The van der Waals surface area contributed by atoms with E-state index >= 15 is 0 Å². The van der Waals surface area contributed by atoms with Crippen LogP contribution in [0.4, 0.5) is 5.69 Å². The van der Waals surface area contributed by atoms with Crippen molar-refractivity contribution in [3.63, 3.8) is 0 Å². The lowest BCUT2D eigenvalue weighted by Crippen LogP contribution is -2.32. The van der Waals surface area contributed by atoms with Gasteiger partial charge in [0.25, 0.3) is 5.91 Å². The Balaban J connectivity index is 1.50. The largest absolute Gasteiger partial charge is 0.484 e. The SMILES string of the molecule is COC(=O)c1ccc(NC(=O)COc2ccc(S(=O)(=O)NC3CCCC3)cc2)cc1. The molecule has 0 heterocycles. The third kappa shape index (κ3) is 5.80. The van der Waals surface area contributed by atoms with Crippen molar-refractivity contribution in [2.45, 2.75) is 36.6 Å². The van der Waals surface area contributed by atoms with Crippen molar-refractivity contribution in [2.75, 3.05) is 19.0 Å². The lowest BCUT2D eigenvalue weighted by atomic mass is 10.2. The van der Waals surface area contributed by atoms with E-state index in [2.05, 4.69) is 14.8 Å². The van der Waals surface area contributed by atoms with Crippen molar-refractivity contribution in [3.05, 3.63) is 54.1 Å². The summed E-state index contributed by atoms with van der Waals surface area (Å²) in [5.41, 5.74) is 0.889. The second-order valence-electron chi connectivity index (χ2n) is 6.98. The Hall–Kier alpha value is -2.91. The summed E-state index contributed by atoms with van der Waals surface area (Å²) in [5, 5.41) is 2.65. The van der Waals surface area contributed by atoms with Gasteiger partial charge in [-0.25, -0.2) is 17.9 Å². The normalized spacial score (nSPS) is 14.3. The molecule has 8 nitrogen and oxygen atoms in total. The molecule has 0 bridgehead atoms. The van der Waals surface area contributed by atoms with Gasteiger partial charge in [0.05, 0.1) is 17.6 Å². The smallest absolute Gasteiger partial charge is 0.337 e. The number of nitrogens with one attached hydrogen (secondary N) is 2. The molecule has 2 aromatic rings. The Kier molecular flexibility index (Phi) is 7.07. The minimum absolute atomic E-state index is 0.00342. The maximum atomic E-state index is 12.4. The van der Waals surface area contributed by atoms with Gasteiger partial charge < -0.3 is 14.8 Å². The average Bonchev–Trinajstić information content (AvgIpc) is 3.25. The monoisotopic (exact) mass is 432 g/mol. The molecule has 30 heavy (non-hydrogen) atoms. The van der Waals surface area contributed by atoms with Gasteiger partial charge in [-0.05, 0) is 61.4 Å². The van der Waals surface area contributed by atoms with Crippen LogP contribution in [0.1, 0.15) is 36.0 Å². The molecule has 0 saturated heterocycles. The van der Waals surface area contributed by atoms with Crippen molar-refractivity contribution in [2.24, 2.45) is 0 Å². The Morgan fingerprint density at radius 3 is 2.23 bits per heavy atom. The molecule has 0 unspecified atom stereocenters. The molecule has 2 N–H and O–H groups in total. The lowest BCUT2D eigenvalue weighted by molar-refractivity contribution is -0.118. The highest BCUT2D eigenvalue weighted by Crippen LogP contribution is 2.21. The molecule has 0 atom stereocenters. The van der Waals surface area contributed by atoms with Crippen molar-refractivity contribution in [3.8, 4) is 5.75 Å². The number of esters is 1. The summed E-state index contributed by atoms with van der Waals surface area (Å²) in [6.07, 6.45) is 3.80. The number of benzene rings is 2. The molecule has 1 aliphatic carbocycles. The molecular formula is C21H24N2O6S. The Morgan fingerprint density at radius 2 is 1.63 bits per heavy atom. The summed E-state index contributed by atoms with van der Waals surface area (Å²) in [4.78, 5) is 23.6. The van der Waals surface area contributed by atoms with E-state index in [1.165, 1.54) is 31.4 Å². The number of sulfonamides is 1. The third-order valence-corrected chi connectivity index (χ3v) is 6.31. The first-order chi connectivity index (χ1) is 14.4. The van der Waals surface area contributed by atoms with Crippen molar-refractivity contribution in [1.29, 1.82) is 0 Å². The van der Waals surface area contributed by atoms with Crippen LogP contribution in [0.2, 0.25) is 0 Å². The van der Waals surface area contributed by atoms with Gasteiger partial charge in [0.2, 0.25) is 10.0 Å². The predicted octanol–water partition coefficient (Wildman–Crippen LogP) is 2.71. The number of hydrogen-bond donors (Lipinski definition) is 2. The standard InChI is InChI=1S/C21H24N2O6S/c1-28-21(25)15-6-8-16(9-7-15)22-20(24)14-29-18-10-12-19(13-11-18)30(26,27)23-17-4-2-3-5-17/h6-13,17,23H,2-5,14H2,1H3,(H,22,24). The minimum Gasteiger partial charge on any atom is -0.484 e. The summed E-state index contributed by atoms with van der Waals surface area (Å²) in [6, 6.07) is 12.2. The molecule has 0 aliphatic heterocycles. The molecule has 0 spiro atoms. The molecule has 9 heteroatoms. The molecule has 3 rings (SSSR count). The third-order valence-electron chi connectivity index (χ3n) is 4.77. The van der Waals surface area contributed by atoms with Gasteiger partial charge in [-0.2, -0.15) is 0 Å². The first kappa shape index (κ1) is 21.8. The number of hydrogen-bond acceptors (Lipinski definition) is 6. The quantitative estimate of drug-likeness (QED) is 0.621. The fourth-order valence-electron chi connectivity index (χ4n) is 3.20. The molecule has 160 valence electrons. The van der Waals surface area contributed by atoms with E-state index in [9.17, 15) is 18.0 Å². The number of carbonyl (C=O) groups is 2. The minimum atomic E-state index is -3.56. The molecule has 1 aliphatic rings. The fourth-order valence-corrected chi connectivity index (χ4v) is 4.50. The first-order valence-corrected chi connectivity index (χ1v) is 11.1. The van der Waals surface area contributed by atoms with Crippen LogP contribution in [0.3, 0.4) is 0 Å². The van der Waals surface area contributed by atoms with Gasteiger partial charge in [0, 0.05) is 11.7 Å². The zero-order chi connectivity index (χ0) is 21.6. The van der Waals surface area contributed by atoms with Crippen LogP contribution >= 0.6 is 0 Å². The van der Waals surface area contributed by atoms with E-state index in [1.54, 1.807) is 24.3 Å². The van der Waals surface area contributed by atoms with E-state index in [4.69, 9.17) is 4.74 Å². The van der Waals surface area contributed by atoms with E-state index < -0.39 is 16.0 Å². The molecule has 2 aromatic carbocycles. The summed E-state index contributed by atoms with van der Waals surface area (Å²) >= 11 is 0. The first-order valence-electron chi connectivity index (χ1n) is 9.61. The fraction of sp³-hybridized carbons (Fsp3) is 0.333. The zero-order valence-corrected chi connectivity index (χ0v) is 17.4. The van der Waals surface area contributed by atoms with Gasteiger partial charge >= 0.3 is 5.97 Å². The van der Waals surface area contributed by atoms with Crippen LogP contribution in [0.25, 0.3) is 0 Å². The van der Waals surface area contributed by atoms with Gasteiger partial charge in [-0.1, -0.05) is 12.8 Å². The van der Waals surface area contributed by atoms with E-state index in [0.29, 0.717) is 17.0 Å². The molecule has 1 amide bonds. The molecule has 1 fully saturated rings. The zero-order valence-electron chi connectivity index (χ0n) is 16.6. The number of amides is 1. The number of ether oxygens (including phenoxy) is 2. The Morgan fingerprint density at radius 1 is 1.00 bits per heavy atom. The van der Waals surface area contributed by atoms with Crippen molar-refractivity contribution in [1.82, 2.24) is 4.72 Å². The van der Waals surface area contributed by atoms with Crippen LogP contribution in [-0.4, -0.2) is 40.1 Å². The number of anilines is 1. The summed E-state index contributed by atoms with van der Waals surface area (Å²) in [6.45, 7) is -0.245. The summed E-state index contributed by atoms with van der Waals surface area (Å²) in [5.74, 6) is -0.466. The van der Waals surface area contributed by atoms with Gasteiger partial charge in [0.1, 0.15) is 5.75 Å². The Labute approximate surface area is 175 Å². The number of carbonyl (C=O) groups excluding carboxylic acids is 2. The van der Waals surface area contributed by atoms with E-state index in [0.717, 1.165) is 25.7 Å². The molecule has 1 saturated carbocycles. The maximum absolute atomic E-state index is 12.4. The van der Waals surface area contributed by atoms with Crippen LogP contribution in [0, 0.1) is 0 Å². The van der Waals surface area contributed by atoms with Gasteiger partial charge in [0.15, 0.2) is 6.61 Å². The van der Waals surface area contributed by atoms with Crippen LogP contribution in [0.15, 0.2) is 53.4 Å². The molecule has 0 aromatic heterocycles. The maximum Gasteiger partial charge on any atom is 0.337 e.